The molecule has 0 N–H and O–H groups in total. The molecule has 1 saturated heterocycles. The van der Waals surface area contributed by atoms with Crippen LogP contribution >= 0.6 is 0 Å². The van der Waals surface area contributed by atoms with E-state index >= 15 is 0 Å². The van der Waals surface area contributed by atoms with Gasteiger partial charge in [-0.1, -0.05) is 36.4 Å². The molecule has 1 aromatic carbocycles. The van der Waals surface area contributed by atoms with Gasteiger partial charge in [-0.2, -0.15) is 0 Å². The Morgan fingerprint density at radius 2 is 1.75 bits per heavy atom. The molecule has 0 saturated carbocycles. The number of benzene rings is 1. The van der Waals surface area contributed by atoms with Crippen LogP contribution in [0.1, 0.15) is 24.1 Å². The Kier molecular flexibility index (Phi) is 5.47. The van der Waals surface area contributed by atoms with Crippen LogP contribution in [0.3, 0.4) is 0 Å². The number of pyridine rings is 1. The van der Waals surface area contributed by atoms with Crippen LogP contribution in [0.5, 0.6) is 0 Å². The maximum atomic E-state index is 12.4. The van der Waals surface area contributed by atoms with Crippen molar-refractivity contribution < 1.29 is 4.79 Å². The highest BCUT2D eigenvalue weighted by molar-refractivity contribution is 5.76. The minimum absolute atomic E-state index is 0.280. The molecule has 0 spiro atoms. The van der Waals surface area contributed by atoms with Crippen LogP contribution in [-0.2, 0) is 11.2 Å². The molecule has 4 heteroatoms. The highest BCUT2D eigenvalue weighted by atomic mass is 16.2. The summed E-state index contributed by atoms with van der Waals surface area (Å²) in [5.74, 6) is 1.30. The zero-order valence-corrected chi connectivity index (χ0v) is 14.3. The quantitative estimate of drug-likeness (QED) is 0.848. The second-order valence-corrected chi connectivity index (χ2v) is 6.34. The largest absolute Gasteiger partial charge is 0.353 e. The molecule has 1 aliphatic rings. The molecule has 0 radical (unpaired) electrons. The summed E-state index contributed by atoms with van der Waals surface area (Å²) >= 11 is 0. The molecule has 0 aliphatic carbocycles. The van der Waals surface area contributed by atoms with Gasteiger partial charge < -0.3 is 9.80 Å². The first-order valence-electron chi connectivity index (χ1n) is 8.73. The van der Waals surface area contributed by atoms with Crippen LogP contribution in [0.4, 0.5) is 5.82 Å². The van der Waals surface area contributed by atoms with Crippen molar-refractivity contribution in [1.82, 2.24) is 9.88 Å². The molecule has 2 aromatic rings. The predicted molar refractivity (Wildman–Crippen MR) is 97.1 cm³/mol. The SMILES string of the molecule is Cc1cccc(N2CCN(C(=O)CCCc3ccccc3)CC2)n1. The Labute approximate surface area is 144 Å². The molecule has 1 fully saturated rings. The number of anilines is 1. The minimum atomic E-state index is 0.280. The number of rotatable bonds is 5. The average molecular weight is 323 g/mol. The summed E-state index contributed by atoms with van der Waals surface area (Å²) in [6.07, 6.45) is 2.53. The highest BCUT2D eigenvalue weighted by Gasteiger charge is 2.21. The topological polar surface area (TPSA) is 36.4 Å². The number of carbonyl (C=O) groups excluding carboxylic acids is 1. The van der Waals surface area contributed by atoms with Gasteiger partial charge in [-0.05, 0) is 37.5 Å². The van der Waals surface area contributed by atoms with Gasteiger partial charge in [0.15, 0.2) is 0 Å². The third-order valence-electron chi connectivity index (χ3n) is 4.53. The Morgan fingerprint density at radius 3 is 2.46 bits per heavy atom. The van der Waals surface area contributed by atoms with E-state index in [9.17, 15) is 4.79 Å². The Hall–Kier alpha value is -2.36. The normalized spacial score (nSPS) is 14.7. The maximum absolute atomic E-state index is 12.4. The molecule has 0 atom stereocenters. The smallest absolute Gasteiger partial charge is 0.222 e. The molecule has 0 unspecified atom stereocenters. The van der Waals surface area contributed by atoms with E-state index in [0.717, 1.165) is 50.5 Å². The second kappa shape index (κ2) is 7.95. The fourth-order valence-electron chi connectivity index (χ4n) is 3.14. The van der Waals surface area contributed by atoms with Crippen molar-refractivity contribution in [3.8, 4) is 0 Å². The second-order valence-electron chi connectivity index (χ2n) is 6.34. The summed E-state index contributed by atoms with van der Waals surface area (Å²) in [6.45, 7) is 5.32. The van der Waals surface area contributed by atoms with Crippen molar-refractivity contribution in [3.63, 3.8) is 0 Å². The van der Waals surface area contributed by atoms with E-state index in [1.807, 2.05) is 36.1 Å². The van der Waals surface area contributed by atoms with E-state index in [0.29, 0.717) is 6.42 Å². The van der Waals surface area contributed by atoms with Crippen molar-refractivity contribution in [2.24, 2.45) is 0 Å². The number of aryl methyl sites for hydroxylation is 2. The van der Waals surface area contributed by atoms with Crippen LogP contribution < -0.4 is 4.90 Å². The van der Waals surface area contributed by atoms with Crippen molar-refractivity contribution in [2.45, 2.75) is 26.2 Å². The first-order chi connectivity index (χ1) is 11.7. The van der Waals surface area contributed by atoms with Crippen LogP contribution in [0.15, 0.2) is 48.5 Å². The Morgan fingerprint density at radius 1 is 1.00 bits per heavy atom. The summed E-state index contributed by atoms with van der Waals surface area (Å²) in [5.41, 5.74) is 2.34. The van der Waals surface area contributed by atoms with Gasteiger partial charge in [0.25, 0.3) is 0 Å². The van der Waals surface area contributed by atoms with E-state index < -0.39 is 0 Å². The van der Waals surface area contributed by atoms with Gasteiger partial charge in [-0.3, -0.25) is 4.79 Å². The number of nitrogens with zero attached hydrogens (tertiary/aromatic N) is 3. The highest BCUT2D eigenvalue weighted by Crippen LogP contribution is 2.15. The Balaban J connectivity index is 1.43. The average Bonchev–Trinajstić information content (AvgIpc) is 2.63. The summed E-state index contributed by atoms with van der Waals surface area (Å²) in [7, 11) is 0. The van der Waals surface area contributed by atoms with Crippen molar-refractivity contribution in [3.05, 3.63) is 59.8 Å². The molecule has 1 aromatic heterocycles. The zero-order valence-electron chi connectivity index (χ0n) is 14.3. The molecule has 1 aliphatic heterocycles. The van der Waals surface area contributed by atoms with Crippen LogP contribution in [0, 0.1) is 6.92 Å². The van der Waals surface area contributed by atoms with E-state index in [2.05, 4.69) is 34.1 Å². The van der Waals surface area contributed by atoms with Gasteiger partial charge in [0.1, 0.15) is 5.82 Å². The number of amides is 1. The van der Waals surface area contributed by atoms with Gasteiger partial charge in [0.05, 0.1) is 0 Å². The fraction of sp³-hybridized carbons (Fsp3) is 0.400. The molecule has 0 bridgehead atoms. The third-order valence-corrected chi connectivity index (χ3v) is 4.53. The lowest BCUT2D eigenvalue weighted by atomic mass is 10.1. The molecule has 2 heterocycles. The number of hydrogen-bond acceptors (Lipinski definition) is 3. The van der Waals surface area contributed by atoms with Crippen molar-refractivity contribution in [1.29, 1.82) is 0 Å². The van der Waals surface area contributed by atoms with Gasteiger partial charge in [0, 0.05) is 38.3 Å². The number of piperazine rings is 1. The van der Waals surface area contributed by atoms with Crippen molar-refractivity contribution >= 4 is 11.7 Å². The predicted octanol–water partition coefficient (Wildman–Crippen LogP) is 3.06. The monoisotopic (exact) mass is 323 g/mol. The first kappa shape index (κ1) is 16.5. The lowest BCUT2D eigenvalue weighted by Gasteiger charge is -2.35. The lowest BCUT2D eigenvalue weighted by Crippen LogP contribution is -2.49. The van der Waals surface area contributed by atoms with Crippen molar-refractivity contribution in [2.75, 3.05) is 31.1 Å². The summed E-state index contributed by atoms with van der Waals surface area (Å²) < 4.78 is 0. The van der Waals surface area contributed by atoms with E-state index in [4.69, 9.17) is 0 Å². The number of aromatic nitrogens is 1. The van der Waals surface area contributed by atoms with Crippen LogP contribution in [0.25, 0.3) is 0 Å². The fourth-order valence-corrected chi connectivity index (χ4v) is 3.14. The molecular weight excluding hydrogens is 298 g/mol. The number of hydrogen-bond donors (Lipinski definition) is 0. The molecular formula is C20H25N3O. The van der Waals surface area contributed by atoms with Gasteiger partial charge >= 0.3 is 0 Å². The summed E-state index contributed by atoms with van der Waals surface area (Å²) in [6, 6.07) is 16.5. The molecule has 4 nitrogen and oxygen atoms in total. The zero-order chi connectivity index (χ0) is 16.8. The third kappa shape index (κ3) is 4.34. The lowest BCUT2D eigenvalue weighted by molar-refractivity contribution is -0.131. The number of carbonyl (C=O) groups is 1. The summed E-state index contributed by atoms with van der Waals surface area (Å²) in [5, 5.41) is 0. The molecule has 24 heavy (non-hydrogen) atoms. The van der Waals surface area contributed by atoms with Gasteiger partial charge in [-0.25, -0.2) is 4.98 Å². The molecule has 126 valence electrons. The van der Waals surface area contributed by atoms with E-state index in [1.54, 1.807) is 0 Å². The summed E-state index contributed by atoms with van der Waals surface area (Å²) in [4.78, 5) is 21.2. The Bertz CT molecular complexity index is 664. The molecule has 1 amide bonds. The first-order valence-corrected chi connectivity index (χ1v) is 8.73. The minimum Gasteiger partial charge on any atom is -0.353 e. The van der Waals surface area contributed by atoms with Gasteiger partial charge in [-0.15, -0.1) is 0 Å². The van der Waals surface area contributed by atoms with Crippen LogP contribution in [-0.4, -0.2) is 42.0 Å². The van der Waals surface area contributed by atoms with E-state index in [-0.39, 0.29) is 5.91 Å². The van der Waals surface area contributed by atoms with Gasteiger partial charge in [0.2, 0.25) is 5.91 Å². The van der Waals surface area contributed by atoms with E-state index in [1.165, 1.54) is 5.56 Å². The maximum Gasteiger partial charge on any atom is 0.222 e. The standard InChI is InChI=1S/C20H25N3O/c1-17-7-5-11-19(21-17)22-13-15-23(16-14-22)20(24)12-6-10-18-8-3-2-4-9-18/h2-5,7-9,11H,6,10,12-16H2,1H3. The van der Waals surface area contributed by atoms with Crippen LogP contribution in [0.2, 0.25) is 0 Å². The molecule has 3 rings (SSSR count).